The minimum atomic E-state index is -4.53. The maximum absolute atomic E-state index is 12.8. The number of aromatic nitrogens is 1. The topological polar surface area (TPSA) is 36.7 Å². The van der Waals surface area contributed by atoms with Crippen LogP contribution in [0.4, 0.5) is 13.2 Å². The zero-order valence-electron chi connectivity index (χ0n) is 12.2. The summed E-state index contributed by atoms with van der Waals surface area (Å²) in [6, 6.07) is 10.5. The Balaban J connectivity index is 2.01. The Kier molecular flexibility index (Phi) is 4.74. The minimum absolute atomic E-state index is 0.111. The molecule has 0 unspecified atom stereocenters. The number of thiazole rings is 1. The third-order valence-electron chi connectivity index (χ3n) is 3.40. The molecule has 25 heavy (non-hydrogen) atoms. The zero-order valence-corrected chi connectivity index (χ0v) is 14.6. The molecule has 8 heteroatoms. The molecule has 0 saturated heterocycles. The first-order valence-electron chi connectivity index (χ1n) is 6.82. The molecule has 1 aromatic heterocycles. The molecule has 3 aromatic rings. The molecule has 0 aliphatic rings. The van der Waals surface area contributed by atoms with Crippen LogP contribution in [0.2, 0.25) is 10.0 Å². The van der Waals surface area contributed by atoms with Gasteiger partial charge in [-0.05, 0) is 24.3 Å². The van der Waals surface area contributed by atoms with Crippen molar-refractivity contribution in [2.24, 2.45) is 0 Å². The van der Waals surface area contributed by atoms with Crippen LogP contribution in [0.5, 0.6) is 0 Å². The molecule has 0 saturated carbocycles. The lowest BCUT2D eigenvalue weighted by atomic mass is 10.1. The van der Waals surface area contributed by atoms with Crippen molar-refractivity contribution in [2.45, 2.75) is 6.18 Å². The van der Waals surface area contributed by atoms with Crippen molar-refractivity contribution in [2.75, 3.05) is 0 Å². The smallest absolute Gasteiger partial charge is 0.236 e. The van der Waals surface area contributed by atoms with Crippen molar-refractivity contribution in [1.82, 2.24) is 4.98 Å². The highest BCUT2D eigenvalue weighted by Crippen LogP contribution is 2.42. The van der Waals surface area contributed by atoms with Crippen molar-refractivity contribution in [3.05, 3.63) is 63.0 Å². The number of hydrogen-bond acceptors (Lipinski definition) is 3. The van der Waals surface area contributed by atoms with Crippen LogP contribution in [0.1, 0.15) is 11.1 Å². The summed E-state index contributed by atoms with van der Waals surface area (Å²) in [7, 11) is 0. The highest BCUT2D eigenvalue weighted by atomic mass is 35.5. The lowest BCUT2D eigenvalue weighted by molar-refractivity contribution is -0.137. The van der Waals surface area contributed by atoms with Gasteiger partial charge >= 0.3 is 6.18 Å². The second kappa shape index (κ2) is 6.68. The maximum Gasteiger partial charge on any atom is 0.416 e. The first kappa shape index (κ1) is 17.7. The van der Waals surface area contributed by atoms with Gasteiger partial charge < -0.3 is 0 Å². The monoisotopic (exact) mass is 398 g/mol. The third-order valence-corrected chi connectivity index (χ3v) is 4.85. The molecule has 0 bridgehead atoms. The molecule has 0 spiro atoms. The van der Waals surface area contributed by atoms with E-state index in [1.807, 2.05) is 6.07 Å². The maximum atomic E-state index is 12.8. The highest BCUT2D eigenvalue weighted by Gasteiger charge is 2.32. The Hall–Kier alpha value is -2.07. The molecule has 1 heterocycles. The van der Waals surface area contributed by atoms with E-state index in [1.54, 1.807) is 29.6 Å². The van der Waals surface area contributed by atoms with E-state index in [-0.39, 0.29) is 15.6 Å². The van der Waals surface area contributed by atoms with Gasteiger partial charge in [0.25, 0.3) is 0 Å². The predicted octanol–water partition coefficient (Wildman–Crippen LogP) is 6.67. The van der Waals surface area contributed by atoms with Gasteiger partial charge in [0.2, 0.25) is 0 Å². The number of halogens is 5. The van der Waals surface area contributed by atoms with Gasteiger partial charge in [0.05, 0.1) is 32.9 Å². The van der Waals surface area contributed by atoms with Crippen LogP contribution < -0.4 is 0 Å². The zero-order chi connectivity index (χ0) is 18.2. The van der Waals surface area contributed by atoms with E-state index in [0.29, 0.717) is 16.3 Å². The van der Waals surface area contributed by atoms with E-state index < -0.39 is 11.7 Å². The normalized spacial score (nSPS) is 11.4. The Morgan fingerprint density at radius 2 is 1.64 bits per heavy atom. The van der Waals surface area contributed by atoms with Crippen molar-refractivity contribution in [1.29, 1.82) is 5.26 Å². The van der Waals surface area contributed by atoms with Crippen LogP contribution in [0.3, 0.4) is 0 Å². The van der Waals surface area contributed by atoms with E-state index >= 15 is 0 Å². The van der Waals surface area contributed by atoms with Gasteiger partial charge in [-0.3, -0.25) is 0 Å². The van der Waals surface area contributed by atoms with Crippen LogP contribution >= 0.6 is 34.5 Å². The minimum Gasteiger partial charge on any atom is -0.236 e. The Morgan fingerprint density at radius 1 is 1.04 bits per heavy atom. The summed E-state index contributed by atoms with van der Waals surface area (Å²) < 4.78 is 38.4. The fraction of sp³-hybridized carbons (Fsp3) is 0.0588. The lowest BCUT2D eigenvalue weighted by Crippen LogP contribution is -2.05. The van der Waals surface area contributed by atoms with Crippen molar-refractivity contribution in [3.8, 4) is 27.9 Å². The number of hydrogen-bond donors (Lipinski definition) is 0. The molecule has 0 amide bonds. The van der Waals surface area contributed by atoms with Gasteiger partial charge in [-0.1, -0.05) is 35.3 Å². The molecule has 0 aliphatic carbocycles. The van der Waals surface area contributed by atoms with Gasteiger partial charge in [0, 0.05) is 16.5 Å². The van der Waals surface area contributed by atoms with Gasteiger partial charge in [0.15, 0.2) is 0 Å². The summed E-state index contributed by atoms with van der Waals surface area (Å²) in [6.07, 6.45) is -4.53. The molecular weight excluding hydrogens is 392 g/mol. The molecule has 126 valence electrons. The molecule has 0 atom stereocenters. The molecule has 3 rings (SSSR count). The van der Waals surface area contributed by atoms with E-state index in [1.165, 1.54) is 11.3 Å². The summed E-state index contributed by atoms with van der Waals surface area (Å²) in [4.78, 5) is 4.41. The summed E-state index contributed by atoms with van der Waals surface area (Å²) in [5, 5.41) is 10.8. The standard InChI is InChI=1S/C17H7Cl2F3N2S/c18-12-5-11(17(20,21)22)6-13(19)15(12)16-24-14(8-25-16)10-3-1-9(7-23)2-4-10/h1-6,8H. The summed E-state index contributed by atoms with van der Waals surface area (Å²) in [6.45, 7) is 0. The summed E-state index contributed by atoms with van der Waals surface area (Å²) >= 11 is 13.3. The van der Waals surface area contributed by atoms with E-state index in [2.05, 4.69) is 4.98 Å². The SMILES string of the molecule is N#Cc1ccc(-c2csc(-c3c(Cl)cc(C(F)(F)F)cc3Cl)n2)cc1. The quantitative estimate of drug-likeness (QED) is 0.482. The van der Waals surface area contributed by atoms with Crippen LogP contribution in [-0.4, -0.2) is 4.98 Å². The lowest BCUT2D eigenvalue weighted by Gasteiger charge is -2.10. The number of alkyl halides is 3. The van der Waals surface area contributed by atoms with Gasteiger partial charge in [-0.25, -0.2) is 4.98 Å². The second-order valence-corrected chi connectivity index (χ2v) is 6.71. The van der Waals surface area contributed by atoms with E-state index in [0.717, 1.165) is 17.7 Å². The molecule has 2 nitrogen and oxygen atoms in total. The van der Waals surface area contributed by atoms with Crippen LogP contribution in [-0.2, 0) is 6.18 Å². The second-order valence-electron chi connectivity index (χ2n) is 5.04. The average Bonchev–Trinajstić information content (AvgIpc) is 3.03. The fourth-order valence-electron chi connectivity index (χ4n) is 2.18. The van der Waals surface area contributed by atoms with Gasteiger partial charge in [-0.15, -0.1) is 11.3 Å². The Bertz CT molecular complexity index is 950. The molecule has 0 aliphatic heterocycles. The fourth-order valence-corrected chi connectivity index (χ4v) is 3.86. The Labute approximate surface area is 155 Å². The van der Waals surface area contributed by atoms with Crippen LogP contribution in [0.25, 0.3) is 21.8 Å². The van der Waals surface area contributed by atoms with Crippen LogP contribution in [0, 0.1) is 11.3 Å². The Morgan fingerprint density at radius 3 is 2.16 bits per heavy atom. The van der Waals surface area contributed by atoms with Crippen molar-refractivity contribution >= 4 is 34.5 Å². The molecule has 2 aromatic carbocycles. The largest absolute Gasteiger partial charge is 0.416 e. The highest BCUT2D eigenvalue weighted by molar-refractivity contribution is 7.13. The first-order valence-corrected chi connectivity index (χ1v) is 8.46. The number of rotatable bonds is 2. The predicted molar refractivity (Wildman–Crippen MR) is 92.7 cm³/mol. The number of benzene rings is 2. The third kappa shape index (κ3) is 3.64. The number of nitriles is 1. The van der Waals surface area contributed by atoms with Gasteiger partial charge in [0.1, 0.15) is 5.01 Å². The molecule has 0 radical (unpaired) electrons. The van der Waals surface area contributed by atoms with E-state index in [4.69, 9.17) is 28.5 Å². The van der Waals surface area contributed by atoms with Crippen LogP contribution in [0.15, 0.2) is 41.8 Å². The first-order chi connectivity index (χ1) is 11.8. The molecule has 0 fully saturated rings. The van der Waals surface area contributed by atoms with Crippen molar-refractivity contribution in [3.63, 3.8) is 0 Å². The average molecular weight is 399 g/mol. The summed E-state index contributed by atoms with van der Waals surface area (Å²) in [5.74, 6) is 0. The molecular formula is C17H7Cl2F3N2S. The van der Waals surface area contributed by atoms with Crippen molar-refractivity contribution < 1.29 is 13.2 Å². The molecule has 0 N–H and O–H groups in total. The summed E-state index contributed by atoms with van der Waals surface area (Å²) in [5.41, 5.74) is 1.28. The van der Waals surface area contributed by atoms with E-state index in [9.17, 15) is 13.2 Å². The number of nitrogens with zero attached hydrogens (tertiary/aromatic N) is 2. The van der Waals surface area contributed by atoms with Gasteiger partial charge in [-0.2, -0.15) is 18.4 Å².